The molecule has 2 aliphatic rings. The lowest BCUT2D eigenvalue weighted by Crippen LogP contribution is -2.27. The largest absolute Gasteiger partial charge is 0.493 e. The van der Waals surface area contributed by atoms with Crippen LogP contribution in [0.1, 0.15) is 99.9 Å². The summed E-state index contributed by atoms with van der Waals surface area (Å²) in [6.45, 7) is 2.82. The van der Waals surface area contributed by atoms with Crippen molar-refractivity contribution in [3.05, 3.63) is 59.2 Å². The summed E-state index contributed by atoms with van der Waals surface area (Å²) in [6.07, 6.45) is 15.9. The van der Waals surface area contributed by atoms with Crippen molar-refractivity contribution in [2.75, 3.05) is 6.61 Å². The first-order valence-electron chi connectivity index (χ1n) is 14.3. The molecule has 0 N–H and O–H groups in total. The number of hydrogen-bond acceptors (Lipinski definition) is 4. The van der Waals surface area contributed by atoms with Gasteiger partial charge in [0.1, 0.15) is 29.2 Å². The lowest BCUT2D eigenvalue weighted by atomic mass is 9.69. The third kappa shape index (κ3) is 7.56. The predicted octanol–water partition coefficient (Wildman–Crippen LogP) is 8.63. The Balaban J connectivity index is 1.19. The molecule has 6 heteroatoms. The highest BCUT2D eigenvalue weighted by Crippen LogP contribution is 2.42. The first-order chi connectivity index (χ1) is 18.5. The SMILES string of the molecule is CCCCC[C@H]1CC[C@H]([C@H]2CC[C@H](COc3ccc(C(=O)Oc4ccc(C#N)c(F)c4)c(F)c3)CC2)CC1. The van der Waals surface area contributed by atoms with Crippen LogP contribution in [0, 0.1) is 46.6 Å². The number of carbonyl (C=O) groups excluding carboxylic acids is 1. The fourth-order valence-electron chi connectivity index (χ4n) is 6.23. The Morgan fingerprint density at radius 1 is 0.868 bits per heavy atom. The number of nitrogens with zero attached hydrogens (tertiary/aromatic N) is 1. The van der Waals surface area contributed by atoms with Crippen molar-refractivity contribution in [2.45, 2.75) is 84.0 Å². The Morgan fingerprint density at radius 3 is 2.11 bits per heavy atom. The number of unbranched alkanes of at least 4 members (excludes halogenated alkanes) is 2. The van der Waals surface area contributed by atoms with E-state index in [1.54, 1.807) is 12.1 Å². The predicted molar refractivity (Wildman–Crippen MR) is 143 cm³/mol. The normalized spacial score (nSPS) is 23.4. The molecule has 0 aliphatic heterocycles. The number of benzene rings is 2. The molecule has 0 atom stereocenters. The highest BCUT2D eigenvalue weighted by atomic mass is 19.1. The van der Waals surface area contributed by atoms with Gasteiger partial charge in [-0.25, -0.2) is 13.6 Å². The minimum Gasteiger partial charge on any atom is -0.493 e. The number of carbonyl (C=O) groups is 1. The molecule has 38 heavy (non-hydrogen) atoms. The first-order valence-corrected chi connectivity index (χ1v) is 14.3. The lowest BCUT2D eigenvalue weighted by Gasteiger charge is -2.38. The van der Waals surface area contributed by atoms with E-state index in [4.69, 9.17) is 14.7 Å². The molecular formula is C32H39F2NO3. The van der Waals surface area contributed by atoms with Gasteiger partial charge in [-0.2, -0.15) is 5.26 Å². The maximum atomic E-state index is 14.6. The fourth-order valence-corrected chi connectivity index (χ4v) is 6.23. The molecule has 4 nitrogen and oxygen atoms in total. The van der Waals surface area contributed by atoms with Gasteiger partial charge in [-0.3, -0.25) is 0 Å². The molecule has 204 valence electrons. The van der Waals surface area contributed by atoms with Crippen molar-refractivity contribution in [2.24, 2.45) is 23.7 Å². The van der Waals surface area contributed by atoms with E-state index >= 15 is 0 Å². The molecule has 2 fully saturated rings. The van der Waals surface area contributed by atoms with Gasteiger partial charge in [0.2, 0.25) is 0 Å². The highest BCUT2D eigenvalue weighted by molar-refractivity contribution is 5.91. The van der Waals surface area contributed by atoms with E-state index < -0.39 is 17.6 Å². The van der Waals surface area contributed by atoms with Crippen LogP contribution in [0.4, 0.5) is 8.78 Å². The van der Waals surface area contributed by atoms with Gasteiger partial charge in [0.25, 0.3) is 0 Å². The summed E-state index contributed by atoms with van der Waals surface area (Å²) in [7, 11) is 0. The summed E-state index contributed by atoms with van der Waals surface area (Å²) < 4.78 is 39.4. The molecule has 0 amide bonds. The summed E-state index contributed by atoms with van der Waals surface area (Å²) in [5.41, 5.74) is -0.422. The van der Waals surface area contributed by atoms with Crippen LogP contribution in [0.25, 0.3) is 0 Å². The maximum absolute atomic E-state index is 14.6. The van der Waals surface area contributed by atoms with Gasteiger partial charge in [0, 0.05) is 12.1 Å². The van der Waals surface area contributed by atoms with E-state index in [0.29, 0.717) is 18.3 Å². The molecule has 2 aromatic rings. The molecule has 0 unspecified atom stereocenters. The second-order valence-corrected chi connectivity index (χ2v) is 11.2. The number of halogens is 2. The van der Waals surface area contributed by atoms with Crippen molar-refractivity contribution in [3.63, 3.8) is 0 Å². The van der Waals surface area contributed by atoms with Crippen molar-refractivity contribution >= 4 is 5.97 Å². The fraction of sp³-hybridized carbons (Fsp3) is 0.562. The Labute approximate surface area is 225 Å². The molecule has 0 aromatic heterocycles. The van der Waals surface area contributed by atoms with Gasteiger partial charge in [-0.05, 0) is 86.5 Å². The number of hydrogen-bond donors (Lipinski definition) is 0. The van der Waals surface area contributed by atoms with Crippen LogP contribution >= 0.6 is 0 Å². The van der Waals surface area contributed by atoms with Crippen molar-refractivity contribution in [1.29, 1.82) is 5.26 Å². The minimum absolute atomic E-state index is 0.0955. The molecule has 4 rings (SSSR count). The van der Waals surface area contributed by atoms with E-state index in [9.17, 15) is 13.6 Å². The Bertz CT molecular complexity index is 1110. The third-order valence-electron chi connectivity index (χ3n) is 8.58. The summed E-state index contributed by atoms with van der Waals surface area (Å²) in [6, 6.07) is 9.20. The van der Waals surface area contributed by atoms with Gasteiger partial charge in [0.15, 0.2) is 0 Å². The van der Waals surface area contributed by atoms with Crippen molar-refractivity contribution < 1.29 is 23.0 Å². The molecule has 2 saturated carbocycles. The monoisotopic (exact) mass is 523 g/mol. The average Bonchev–Trinajstić information content (AvgIpc) is 2.93. The topological polar surface area (TPSA) is 59.3 Å². The molecular weight excluding hydrogens is 484 g/mol. The van der Waals surface area contributed by atoms with E-state index in [-0.39, 0.29) is 16.9 Å². The average molecular weight is 524 g/mol. The minimum atomic E-state index is -0.938. The lowest BCUT2D eigenvalue weighted by molar-refractivity contribution is 0.0729. The summed E-state index contributed by atoms with van der Waals surface area (Å²) >= 11 is 0. The second-order valence-electron chi connectivity index (χ2n) is 11.2. The molecule has 0 radical (unpaired) electrons. The van der Waals surface area contributed by atoms with Crippen LogP contribution in [0.5, 0.6) is 11.5 Å². The molecule has 2 aliphatic carbocycles. The summed E-state index contributed by atoms with van der Waals surface area (Å²) in [4.78, 5) is 12.4. The number of esters is 1. The van der Waals surface area contributed by atoms with Crippen LogP contribution < -0.4 is 9.47 Å². The number of ether oxygens (including phenoxy) is 2. The van der Waals surface area contributed by atoms with Crippen molar-refractivity contribution in [1.82, 2.24) is 0 Å². The van der Waals surface area contributed by atoms with Crippen LogP contribution in [0.15, 0.2) is 36.4 Å². The number of nitriles is 1. The zero-order chi connectivity index (χ0) is 26.9. The van der Waals surface area contributed by atoms with Gasteiger partial charge in [-0.1, -0.05) is 45.4 Å². The second kappa shape index (κ2) is 13.7. The van der Waals surface area contributed by atoms with E-state index in [0.717, 1.165) is 36.7 Å². The summed E-state index contributed by atoms with van der Waals surface area (Å²) in [5, 5.41) is 8.80. The van der Waals surface area contributed by atoms with Crippen LogP contribution in [0.2, 0.25) is 0 Å². The van der Waals surface area contributed by atoms with Crippen molar-refractivity contribution in [3.8, 4) is 17.6 Å². The first kappa shape index (κ1) is 28.1. The Kier molecular flexibility index (Phi) is 10.1. The van der Waals surface area contributed by atoms with Gasteiger partial charge in [-0.15, -0.1) is 0 Å². The molecule has 0 heterocycles. The van der Waals surface area contributed by atoms with Crippen LogP contribution in [-0.4, -0.2) is 12.6 Å². The highest BCUT2D eigenvalue weighted by Gasteiger charge is 2.31. The van der Waals surface area contributed by atoms with Gasteiger partial charge in [0.05, 0.1) is 17.7 Å². The summed E-state index contributed by atoms with van der Waals surface area (Å²) in [5.74, 6) is 0.944. The van der Waals surface area contributed by atoms with E-state index in [2.05, 4.69) is 6.92 Å². The number of rotatable bonds is 10. The Hall–Kier alpha value is -2.94. The molecule has 0 saturated heterocycles. The van der Waals surface area contributed by atoms with E-state index in [1.807, 2.05) is 0 Å². The maximum Gasteiger partial charge on any atom is 0.346 e. The molecule has 0 spiro atoms. The third-order valence-corrected chi connectivity index (χ3v) is 8.58. The molecule has 2 aromatic carbocycles. The molecule has 0 bridgehead atoms. The zero-order valence-electron chi connectivity index (χ0n) is 22.4. The smallest absolute Gasteiger partial charge is 0.346 e. The Morgan fingerprint density at radius 2 is 1.50 bits per heavy atom. The van der Waals surface area contributed by atoms with Crippen LogP contribution in [-0.2, 0) is 0 Å². The zero-order valence-corrected chi connectivity index (χ0v) is 22.4. The van der Waals surface area contributed by atoms with Gasteiger partial charge >= 0.3 is 5.97 Å². The van der Waals surface area contributed by atoms with Gasteiger partial charge < -0.3 is 9.47 Å². The van der Waals surface area contributed by atoms with Crippen LogP contribution in [0.3, 0.4) is 0 Å². The standard InChI is InChI=1S/C32H39F2NO3/c1-2-3-4-5-22-6-10-24(11-7-22)25-12-8-23(9-13-25)21-37-27-16-17-29(31(34)18-27)32(36)38-28-15-14-26(20-35)30(33)19-28/h14-19,22-25H,2-13,21H2,1H3/t22-,23-,24-,25-. The van der Waals surface area contributed by atoms with E-state index in [1.165, 1.54) is 88.5 Å². The quantitative estimate of drug-likeness (QED) is 0.178.